The second kappa shape index (κ2) is 9.81. The van der Waals surface area contributed by atoms with Crippen molar-refractivity contribution in [2.24, 2.45) is 0 Å². The highest BCUT2D eigenvalue weighted by atomic mass is 16.5. The summed E-state index contributed by atoms with van der Waals surface area (Å²) in [5.74, 6) is 3.31. The van der Waals surface area contributed by atoms with Crippen molar-refractivity contribution < 1.29 is 9.47 Å². The Labute approximate surface area is 210 Å². The SMILES string of the molecule is C(=C\c1ccc(Oc2ccc3ccccc3c2)cc1)/c1ccc(Oc2ccc3ccccc3c2)cc1. The van der Waals surface area contributed by atoms with Crippen molar-refractivity contribution in [3.8, 4) is 23.0 Å². The molecule has 2 nitrogen and oxygen atoms in total. The first-order valence-electron chi connectivity index (χ1n) is 12.0. The van der Waals surface area contributed by atoms with Crippen molar-refractivity contribution in [1.29, 1.82) is 0 Å². The third kappa shape index (κ3) is 4.98. The summed E-state index contributed by atoms with van der Waals surface area (Å²) in [5.41, 5.74) is 2.22. The van der Waals surface area contributed by atoms with Crippen LogP contribution in [0.2, 0.25) is 0 Å². The molecule has 0 aliphatic heterocycles. The zero-order valence-electron chi connectivity index (χ0n) is 19.7. The van der Waals surface area contributed by atoms with Crippen LogP contribution in [0.1, 0.15) is 11.1 Å². The molecule has 172 valence electrons. The summed E-state index contributed by atoms with van der Waals surface area (Å²) in [4.78, 5) is 0. The van der Waals surface area contributed by atoms with Crippen LogP contribution < -0.4 is 9.47 Å². The molecule has 36 heavy (non-hydrogen) atoms. The van der Waals surface area contributed by atoms with Gasteiger partial charge in [-0.1, -0.05) is 97.1 Å². The Bertz CT molecular complexity index is 1540. The van der Waals surface area contributed by atoms with E-state index >= 15 is 0 Å². The predicted molar refractivity (Wildman–Crippen MR) is 150 cm³/mol. The molecule has 0 aliphatic carbocycles. The lowest BCUT2D eigenvalue weighted by atomic mass is 10.1. The first-order valence-corrected chi connectivity index (χ1v) is 12.0. The lowest BCUT2D eigenvalue weighted by molar-refractivity contribution is 0.483. The molecule has 0 bridgehead atoms. The largest absolute Gasteiger partial charge is 0.457 e. The van der Waals surface area contributed by atoms with Crippen molar-refractivity contribution in [3.63, 3.8) is 0 Å². The first kappa shape index (κ1) is 21.7. The van der Waals surface area contributed by atoms with Crippen LogP contribution in [0, 0.1) is 0 Å². The zero-order chi connectivity index (χ0) is 24.2. The highest BCUT2D eigenvalue weighted by molar-refractivity contribution is 5.84. The number of rotatable bonds is 6. The molecule has 0 N–H and O–H groups in total. The maximum atomic E-state index is 6.05. The zero-order valence-corrected chi connectivity index (χ0v) is 19.7. The van der Waals surface area contributed by atoms with E-state index in [9.17, 15) is 0 Å². The van der Waals surface area contributed by atoms with Gasteiger partial charge in [-0.2, -0.15) is 0 Å². The van der Waals surface area contributed by atoms with Crippen LogP contribution in [0.4, 0.5) is 0 Å². The highest BCUT2D eigenvalue weighted by Gasteiger charge is 2.01. The summed E-state index contributed by atoms with van der Waals surface area (Å²) in [7, 11) is 0. The number of hydrogen-bond acceptors (Lipinski definition) is 2. The van der Waals surface area contributed by atoms with Gasteiger partial charge < -0.3 is 9.47 Å². The second-order valence-electron chi connectivity index (χ2n) is 8.69. The van der Waals surface area contributed by atoms with Crippen LogP contribution in [-0.2, 0) is 0 Å². The van der Waals surface area contributed by atoms with Gasteiger partial charge in [0.05, 0.1) is 0 Å². The maximum Gasteiger partial charge on any atom is 0.128 e. The molecule has 0 fully saturated rings. The number of hydrogen-bond donors (Lipinski definition) is 0. The smallest absolute Gasteiger partial charge is 0.128 e. The van der Waals surface area contributed by atoms with Gasteiger partial charge in [-0.3, -0.25) is 0 Å². The van der Waals surface area contributed by atoms with Crippen molar-refractivity contribution in [1.82, 2.24) is 0 Å². The quantitative estimate of drug-likeness (QED) is 0.228. The third-order valence-electron chi connectivity index (χ3n) is 6.14. The normalized spacial score (nSPS) is 11.2. The van der Waals surface area contributed by atoms with Crippen LogP contribution in [0.3, 0.4) is 0 Å². The summed E-state index contributed by atoms with van der Waals surface area (Å²) < 4.78 is 12.1. The molecule has 0 atom stereocenters. The summed E-state index contributed by atoms with van der Waals surface area (Å²) in [6.45, 7) is 0. The molecule has 6 rings (SSSR count). The molecule has 0 radical (unpaired) electrons. The van der Waals surface area contributed by atoms with Crippen LogP contribution in [0.25, 0.3) is 33.7 Å². The van der Waals surface area contributed by atoms with Crippen molar-refractivity contribution in [2.45, 2.75) is 0 Å². The predicted octanol–water partition coefficient (Wildman–Crippen LogP) is 9.75. The van der Waals surface area contributed by atoms with E-state index in [1.165, 1.54) is 21.5 Å². The fourth-order valence-corrected chi connectivity index (χ4v) is 4.22. The van der Waals surface area contributed by atoms with E-state index in [2.05, 4.69) is 84.9 Å². The Hall–Kier alpha value is -4.82. The fraction of sp³-hybridized carbons (Fsp3) is 0. The van der Waals surface area contributed by atoms with E-state index in [0.717, 1.165) is 34.1 Å². The number of ether oxygens (including phenoxy) is 2. The summed E-state index contributed by atoms with van der Waals surface area (Å²) in [6, 6.07) is 45.1. The van der Waals surface area contributed by atoms with E-state index < -0.39 is 0 Å². The fourth-order valence-electron chi connectivity index (χ4n) is 4.22. The minimum Gasteiger partial charge on any atom is -0.457 e. The topological polar surface area (TPSA) is 18.5 Å². The number of benzene rings is 6. The van der Waals surface area contributed by atoms with E-state index in [1.54, 1.807) is 0 Å². The van der Waals surface area contributed by atoms with Crippen LogP contribution >= 0.6 is 0 Å². The lowest BCUT2D eigenvalue weighted by Gasteiger charge is -2.08. The van der Waals surface area contributed by atoms with Crippen molar-refractivity contribution in [3.05, 3.63) is 145 Å². The van der Waals surface area contributed by atoms with Gasteiger partial charge in [-0.05, 0) is 81.2 Å². The Kier molecular flexibility index (Phi) is 5.91. The van der Waals surface area contributed by atoms with Crippen molar-refractivity contribution >= 4 is 33.7 Å². The van der Waals surface area contributed by atoms with Gasteiger partial charge in [-0.25, -0.2) is 0 Å². The molecule has 2 heteroatoms. The molecular formula is C34H24O2. The van der Waals surface area contributed by atoms with Gasteiger partial charge in [0.25, 0.3) is 0 Å². The minimum absolute atomic E-state index is 0.817. The van der Waals surface area contributed by atoms with Crippen molar-refractivity contribution in [2.75, 3.05) is 0 Å². The molecule has 0 heterocycles. The van der Waals surface area contributed by atoms with Crippen LogP contribution in [0.15, 0.2) is 133 Å². The van der Waals surface area contributed by atoms with E-state index in [4.69, 9.17) is 9.47 Å². The first-order chi connectivity index (χ1) is 17.8. The van der Waals surface area contributed by atoms with Gasteiger partial charge in [0.15, 0.2) is 0 Å². The molecule has 0 aromatic heterocycles. The summed E-state index contributed by atoms with van der Waals surface area (Å²) in [5, 5.41) is 4.75. The average molecular weight is 465 g/mol. The molecule has 6 aromatic carbocycles. The van der Waals surface area contributed by atoms with Gasteiger partial charge >= 0.3 is 0 Å². The summed E-state index contributed by atoms with van der Waals surface area (Å²) in [6.07, 6.45) is 4.19. The molecule has 0 saturated carbocycles. The highest BCUT2D eigenvalue weighted by Crippen LogP contribution is 2.28. The molecular weight excluding hydrogens is 440 g/mol. The van der Waals surface area contributed by atoms with Gasteiger partial charge in [-0.15, -0.1) is 0 Å². The van der Waals surface area contributed by atoms with E-state index in [0.29, 0.717) is 0 Å². The molecule has 0 aliphatic rings. The van der Waals surface area contributed by atoms with Gasteiger partial charge in [0, 0.05) is 0 Å². The van der Waals surface area contributed by atoms with Gasteiger partial charge in [0.2, 0.25) is 0 Å². The molecule has 0 spiro atoms. The molecule has 0 saturated heterocycles. The third-order valence-corrected chi connectivity index (χ3v) is 6.14. The average Bonchev–Trinajstić information content (AvgIpc) is 2.93. The van der Waals surface area contributed by atoms with Gasteiger partial charge in [0.1, 0.15) is 23.0 Å². The Morgan fingerprint density at radius 2 is 0.694 bits per heavy atom. The Balaban J connectivity index is 1.09. The summed E-state index contributed by atoms with van der Waals surface area (Å²) >= 11 is 0. The van der Waals surface area contributed by atoms with E-state index in [-0.39, 0.29) is 0 Å². The molecule has 0 amide bonds. The Morgan fingerprint density at radius 3 is 1.11 bits per heavy atom. The maximum absolute atomic E-state index is 6.05. The second-order valence-corrected chi connectivity index (χ2v) is 8.69. The minimum atomic E-state index is 0.817. The Morgan fingerprint density at radius 1 is 0.333 bits per heavy atom. The monoisotopic (exact) mass is 464 g/mol. The van der Waals surface area contributed by atoms with E-state index in [1.807, 2.05) is 60.7 Å². The number of fused-ring (bicyclic) bond motifs is 2. The molecule has 0 unspecified atom stereocenters. The molecule has 6 aromatic rings. The standard InChI is InChI=1S/C34H24O2/c1-3-7-29-23-33(21-15-27(29)5-1)35-31-17-11-25(12-18-31)9-10-26-13-19-32(20-14-26)36-34-22-16-28-6-2-4-8-30(28)24-34/h1-24H/b10-9+. The van der Waals surface area contributed by atoms with Crippen LogP contribution in [-0.4, -0.2) is 0 Å². The van der Waals surface area contributed by atoms with Crippen LogP contribution in [0.5, 0.6) is 23.0 Å². The lowest BCUT2D eigenvalue weighted by Crippen LogP contribution is -1.85.